The zero-order valence-corrected chi connectivity index (χ0v) is 10.7. The smallest absolute Gasteiger partial charge is 0.0590 e. The molecule has 0 aromatic carbocycles. The van der Waals surface area contributed by atoms with Crippen molar-refractivity contribution < 1.29 is 4.74 Å². The molecule has 1 atom stereocenters. The van der Waals surface area contributed by atoms with Crippen molar-refractivity contribution in [2.75, 3.05) is 38.3 Å². The van der Waals surface area contributed by atoms with Crippen LogP contribution in [0.15, 0.2) is 0 Å². The summed E-state index contributed by atoms with van der Waals surface area (Å²) in [5, 5.41) is 3.41. The number of hydrogen-bond donors (Lipinski definition) is 1. The van der Waals surface area contributed by atoms with Crippen molar-refractivity contribution in [2.24, 2.45) is 5.92 Å². The van der Waals surface area contributed by atoms with E-state index in [2.05, 4.69) is 25.4 Å². The molecule has 0 aliphatic heterocycles. The van der Waals surface area contributed by atoms with E-state index in [-0.39, 0.29) is 0 Å². The van der Waals surface area contributed by atoms with Crippen LogP contribution in [-0.4, -0.2) is 38.3 Å². The second kappa shape index (κ2) is 11.3. The number of hydrogen-bond acceptors (Lipinski definition) is 3. The summed E-state index contributed by atoms with van der Waals surface area (Å²) in [6.07, 6.45) is 4.56. The lowest BCUT2D eigenvalue weighted by Crippen LogP contribution is -2.26. The predicted molar refractivity (Wildman–Crippen MR) is 66.1 cm³/mol. The normalized spacial score (nSPS) is 13.1. The quantitative estimate of drug-likeness (QED) is 0.570. The minimum absolute atomic E-state index is 0.764. The van der Waals surface area contributed by atoms with Crippen LogP contribution in [-0.2, 0) is 4.74 Å². The molecule has 0 aliphatic carbocycles. The fourth-order valence-electron chi connectivity index (χ4n) is 1.18. The fraction of sp³-hybridized carbons (Fsp3) is 1.00. The molecule has 2 nitrogen and oxygen atoms in total. The Morgan fingerprint density at radius 2 is 2.14 bits per heavy atom. The summed E-state index contributed by atoms with van der Waals surface area (Å²) in [7, 11) is 0. The van der Waals surface area contributed by atoms with E-state index in [4.69, 9.17) is 4.74 Å². The van der Waals surface area contributed by atoms with Crippen LogP contribution in [0.4, 0.5) is 0 Å². The first-order valence-corrected chi connectivity index (χ1v) is 6.98. The van der Waals surface area contributed by atoms with Gasteiger partial charge >= 0.3 is 0 Å². The summed E-state index contributed by atoms with van der Waals surface area (Å²) in [6, 6.07) is 0. The van der Waals surface area contributed by atoms with Gasteiger partial charge in [0.25, 0.3) is 0 Å². The molecule has 3 heteroatoms. The van der Waals surface area contributed by atoms with Crippen LogP contribution in [0.5, 0.6) is 0 Å². The van der Waals surface area contributed by atoms with Crippen LogP contribution < -0.4 is 5.32 Å². The molecule has 0 saturated carbocycles. The molecule has 0 bridgehead atoms. The minimum Gasteiger partial charge on any atom is -0.380 e. The van der Waals surface area contributed by atoms with Gasteiger partial charge in [-0.15, -0.1) is 0 Å². The van der Waals surface area contributed by atoms with Gasteiger partial charge in [0.05, 0.1) is 6.61 Å². The van der Waals surface area contributed by atoms with E-state index in [9.17, 15) is 0 Å². The fourth-order valence-corrected chi connectivity index (χ4v) is 1.87. The summed E-state index contributed by atoms with van der Waals surface area (Å²) in [5.74, 6) is 2.00. The van der Waals surface area contributed by atoms with Gasteiger partial charge < -0.3 is 10.1 Å². The molecule has 0 heterocycles. The average molecular weight is 219 g/mol. The van der Waals surface area contributed by atoms with Gasteiger partial charge in [-0.3, -0.25) is 0 Å². The third kappa shape index (κ3) is 10.4. The van der Waals surface area contributed by atoms with E-state index in [0.29, 0.717) is 0 Å². The molecule has 0 amide bonds. The summed E-state index contributed by atoms with van der Waals surface area (Å²) < 4.78 is 5.45. The lowest BCUT2D eigenvalue weighted by atomic mass is 10.2. The van der Waals surface area contributed by atoms with E-state index in [1.54, 1.807) is 0 Å². The highest BCUT2D eigenvalue weighted by Gasteiger charge is 1.98. The second-order valence-electron chi connectivity index (χ2n) is 3.73. The van der Waals surface area contributed by atoms with E-state index < -0.39 is 0 Å². The third-order valence-corrected chi connectivity index (χ3v) is 2.91. The largest absolute Gasteiger partial charge is 0.380 e. The molecule has 0 aliphatic rings. The van der Waals surface area contributed by atoms with E-state index >= 15 is 0 Å². The maximum absolute atomic E-state index is 5.45. The van der Waals surface area contributed by atoms with Gasteiger partial charge in [-0.25, -0.2) is 0 Å². The SMILES string of the molecule is CCCCOCCNCC(C)CSC. The first kappa shape index (κ1) is 14.3. The maximum Gasteiger partial charge on any atom is 0.0590 e. The Hall–Kier alpha value is 0.270. The van der Waals surface area contributed by atoms with Crippen LogP contribution in [0, 0.1) is 5.92 Å². The Morgan fingerprint density at radius 3 is 2.79 bits per heavy atom. The average Bonchev–Trinajstić information content (AvgIpc) is 2.17. The number of thioether (sulfide) groups is 1. The van der Waals surface area contributed by atoms with Gasteiger partial charge in [0.1, 0.15) is 0 Å². The van der Waals surface area contributed by atoms with Crippen molar-refractivity contribution in [3.63, 3.8) is 0 Å². The Morgan fingerprint density at radius 1 is 1.36 bits per heavy atom. The molecule has 0 spiro atoms. The number of rotatable bonds is 10. The van der Waals surface area contributed by atoms with Crippen molar-refractivity contribution in [3.8, 4) is 0 Å². The number of unbranched alkanes of at least 4 members (excludes halogenated alkanes) is 1. The molecular weight excluding hydrogens is 194 g/mol. The van der Waals surface area contributed by atoms with Gasteiger partial charge in [0.2, 0.25) is 0 Å². The molecule has 1 unspecified atom stereocenters. The molecular formula is C11H25NOS. The summed E-state index contributed by atoms with van der Waals surface area (Å²) in [5.41, 5.74) is 0. The van der Waals surface area contributed by atoms with E-state index in [0.717, 1.165) is 32.2 Å². The van der Waals surface area contributed by atoms with Crippen LogP contribution in [0.25, 0.3) is 0 Å². The highest BCUT2D eigenvalue weighted by Crippen LogP contribution is 2.02. The van der Waals surface area contributed by atoms with E-state index in [1.165, 1.54) is 18.6 Å². The molecule has 0 aromatic heterocycles. The zero-order chi connectivity index (χ0) is 10.6. The Labute approximate surface area is 93.2 Å². The molecule has 0 aromatic rings. The standard InChI is InChI=1S/C11H25NOS/c1-4-5-7-13-8-6-12-9-11(2)10-14-3/h11-12H,4-10H2,1-3H3. The topological polar surface area (TPSA) is 21.3 Å². The van der Waals surface area contributed by atoms with Crippen LogP contribution in [0.3, 0.4) is 0 Å². The molecule has 1 N–H and O–H groups in total. The van der Waals surface area contributed by atoms with Crippen molar-refractivity contribution in [2.45, 2.75) is 26.7 Å². The van der Waals surface area contributed by atoms with Gasteiger partial charge in [-0.2, -0.15) is 11.8 Å². The van der Waals surface area contributed by atoms with E-state index in [1.807, 2.05) is 11.8 Å². The summed E-state index contributed by atoms with van der Waals surface area (Å²) in [6.45, 7) is 8.33. The highest BCUT2D eigenvalue weighted by molar-refractivity contribution is 7.98. The number of nitrogens with one attached hydrogen (secondary N) is 1. The van der Waals surface area contributed by atoms with Crippen molar-refractivity contribution >= 4 is 11.8 Å². The highest BCUT2D eigenvalue weighted by atomic mass is 32.2. The zero-order valence-electron chi connectivity index (χ0n) is 9.84. The van der Waals surface area contributed by atoms with Gasteiger partial charge in [0, 0.05) is 13.2 Å². The van der Waals surface area contributed by atoms with Crippen molar-refractivity contribution in [3.05, 3.63) is 0 Å². The second-order valence-corrected chi connectivity index (χ2v) is 4.64. The molecule has 14 heavy (non-hydrogen) atoms. The number of ether oxygens (including phenoxy) is 1. The van der Waals surface area contributed by atoms with Crippen molar-refractivity contribution in [1.29, 1.82) is 0 Å². The van der Waals surface area contributed by atoms with Gasteiger partial charge in [-0.05, 0) is 30.9 Å². The molecule has 0 saturated heterocycles. The van der Waals surface area contributed by atoms with Gasteiger partial charge in [0.15, 0.2) is 0 Å². The Bertz CT molecular complexity index is 111. The van der Waals surface area contributed by atoms with Crippen LogP contribution >= 0.6 is 11.8 Å². The monoisotopic (exact) mass is 219 g/mol. The molecule has 86 valence electrons. The molecule has 0 radical (unpaired) electrons. The molecule has 0 fully saturated rings. The summed E-state index contributed by atoms with van der Waals surface area (Å²) >= 11 is 1.91. The lowest BCUT2D eigenvalue weighted by molar-refractivity contribution is 0.132. The first-order chi connectivity index (χ1) is 6.81. The van der Waals surface area contributed by atoms with Gasteiger partial charge in [-0.1, -0.05) is 20.3 Å². The van der Waals surface area contributed by atoms with Crippen LogP contribution in [0.2, 0.25) is 0 Å². The van der Waals surface area contributed by atoms with Crippen LogP contribution in [0.1, 0.15) is 26.7 Å². The first-order valence-electron chi connectivity index (χ1n) is 5.58. The third-order valence-electron chi connectivity index (χ3n) is 2.01. The predicted octanol–water partition coefficient (Wildman–Crippen LogP) is 2.39. The Balaban J connectivity index is 2.98. The summed E-state index contributed by atoms with van der Waals surface area (Å²) in [4.78, 5) is 0. The Kier molecular flexibility index (Phi) is 11.6. The molecule has 0 rings (SSSR count). The van der Waals surface area contributed by atoms with Crippen molar-refractivity contribution in [1.82, 2.24) is 5.32 Å². The lowest BCUT2D eigenvalue weighted by Gasteiger charge is -2.11. The minimum atomic E-state index is 0.764. The maximum atomic E-state index is 5.45.